The molecule has 0 aliphatic heterocycles. The highest BCUT2D eigenvalue weighted by atomic mass is 19.1. The van der Waals surface area contributed by atoms with Crippen LogP contribution in [0.5, 0.6) is 0 Å². The minimum absolute atomic E-state index is 0.258. The molecule has 1 aromatic carbocycles. The van der Waals surface area contributed by atoms with E-state index in [0.29, 0.717) is 5.56 Å². The van der Waals surface area contributed by atoms with Gasteiger partial charge in [0.15, 0.2) is 0 Å². The molecule has 0 aromatic heterocycles. The summed E-state index contributed by atoms with van der Waals surface area (Å²) in [5.74, 6) is 5.38. The van der Waals surface area contributed by atoms with Gasteiger partial charge in [0.05, 0.1) is 11.6 Å². The molecule has 0 spiro atoms. The topological polar surface area (TPSA) is 47.3 Å². The Bertz CT molecular complexity index is 383. The number of halogens is 1. The number of nitrogens with two attached hydrogens (primary N) is 1. The monoisotopic (exact) mass is 254 g/mol. The molecule has 0 fully saturated rings. The van der Waals surface area contributed by atoms with Gasteiger partial charge >= 0.3 is 0 Å². The lowest BCUT2D eigenvalue weighted by molar-refractivity contribution is -0.0495. The third-order valence-corrected chi connectivity index (χ3v) is 3.76. The lowest BCUT2D eigenvalue weighted by atomic mass is 9.83. The van der Waals surface area contributed by atoms with Crippen molar-refractivity contribution >= 4 is 0 Å². The minimum Gasteiger partial charge on any atom is -0.376 e. The van der Waals surface area contributed by atoms with E-state index in [-0.39, 0.29) is 11.9 Å². The number of rotatable bonds is 6. The molecule has 0 heterocycles. The summed E-state index contributed by atoms with van der Waals surface area (Å²) in [6.07, 6.45) is 1.50. The van der Waals surface area contributed by atoms with Gasteiger partial charge in [-0.3, -0.25) is 5.84 Å². The van der Waals surface area contributed by atoms with Gasteiger partial charge in [-0.25, -0.2) is 9.82 Å². The number of benzene rings is 1. The van der Waals surface area contributed by atoms with Gasteiger partial charge in [-0.05, 0) is 25.8 Å². The third-order valence-electron chi connectivity index (χ3n) is 3.76. The molecule has 1 aromatic rings. The van der Waals surface area contributed by atoms with E-state index < -0.39 is 5.60 Å². The number of nitrogens with one attached hydrogen (secondary N) is 1. The normalized spacial score (nSPS) is 13.7. The van der Waals surface area contributed by atoms with Gasteiger partial charge in [0.1, 0.15) is 5.82 Å². The molecule has 3 N–H and O–H groups in total. The van der Waals surface area contributed by atoms with Gasteiger partial charge in [-0.1, -0.05) is 31.5 Å². The quantitative estimate of drug-likeness (QED) is 0.606. The molecule has 0 bridgehead atoms. The Labute approximate surface area is 108 Å². The predicted molar refractivity (Wildman–Crippen MR) is 71.5 cm³/mol. The second-order valence-corrected chi connectivity index (χ2v) is 4.60. The molecule has 0 saturated heterocycles. The lowest BCUT2D eigenvalue weighted by Crippen LogP contribution is -2.47. The summed E-state index contributed by atoms with van der Waals surface area (Å²) >= 11 is 0. The SMILES string of the molecule is CCC(CC)(OC)C(NN)c1cc(C)ccc1F. The number of aryl methyl sites for hydroxylation is 1. The molecule has 0 radical (unpaired) electrons. The standard InChI is InChI=1S/C14H23FN2O/c1-5-14(6-2,18-4)13(17-16)11-9-10(3)7-8-12(11)15/h7-9,13,17H,5-6,16H2,1-4H3. The van der Waals surface area contributed by atoms with E-state index in [0.717, 1.165) is 18.4 Å². The molecule has 102 valence electrons. The van der Waals surface area contributed by atoms with Crippen molar-refractivity contribution in [3.63, 3.8) is 0 Å². The highest BCUT2D eigenvalue weighted by Gasteiger charge is 2.37. The van der Waals surface area contributed by atoms with Crippen LogP contribution in [0.2, 0.25) is 0 Å². The minimum atomic E-state index is -0.497. The van der Waals surface area contributed by atoms with E-state index >= 15 is 0 Å². The highest BCUT2D eigenvalue weighted by molar-refractivity contribution is 5.29. The van der Waals surface area contributed by atoms with Crippen molar-refractivity contribution in [1.82, 2.24) is 5.43 Å². The summed E-state index contributed by atoms with van der Waals surface area (Å²) in [4.78, 5) is 0. The summed E-state index contributed by atoms with van der Waals surface area (Å²) in [6, 6.07) is 4.68. The highest BCUT2D eigenvalue weighted by Crippen LogP contribution is 2.35. The maximum absolute atomic E-state index is 14.0. The lowest BCUT2D eigenvalue weighted by Gasteiger charge is -2.38. The Kier molecular flexibility index (Phi) is 5.26. The van der Waals surface area contributed by atoms with Gasteiger partial charge < -0.3 is 4.74 Å². The number of methoxy groups -OCH3 is 1. The largest absolute Gasteiger partial charge is 0.376 e. The van der Waals surface area contributed by atoms with Gasteiger partial charge in [0.2, 0.25) is 0 Å². The molecule has 18 heavy (non-hydrogen) atoms. The predicted octanol–water partition coefficient (Wildman–Crippen LogP) is 2.84. The first kappa shape index (κ1) is 15.1. The molecule has 0 aliphatic rings. The summed E-state index contributed by atoms with van der Waals surface area (Å²) in [6.45, 7) is 5.97. The average molecular weight is 254 g/mol. The molecule has 0 saturated carbocycles. The Morgan fingerprint density at radius 1 is 1.39 bits per heavy atom. The number of ether oxygens (including phenoxy) is 1. The van der Waals surface area contributed by atoms with Crippen LogP contribution in [0.25, 0.3) is 0 Å². The molecule has 4 heteroatoms. The molecular weight excluding hydrogens is 231 g/mol. The van der Waals surface area contributed by atoms with Crippen LogP contribution in [0.1, 0.15) is 43.9 Å². The van der Waals surface area contributed by atoms with Crippen LogP contribution in [0.4, 0.5) is 4.39 Å². The van der Waals surface area contributed by atoms with Crippen LogP contribution < -0.4 is 11.3 Å². The van der Waals surface area contributed by atoms with Crippen molar-refractivity contribution < 1.29 is 9.13 Å². The fourth-order valence-electron chi connectivity index (χ4n) is 2.47. The van der Waals surface area contributed by atoms with Crippen molar-refractivity contribution in [3.05, 3.63) is 35.1 Å². The number of hydrogen-bond acceptors (Lipinski definition) is 3. The molecule has 1 unspecified atom stereocenters. The zero-order valence-corrected chi connectivity index (χ0v) is 11.6. The molecule has 0 aliphatic carbocycles. The van der Waals surface area contributed by atoms with Crippen LogP contribution in [-0.2, 0) is 4.74 Å². The van der Waals surface area contributed by atoms with Crippen molar-refractivity contribution in [3.8, 4) is 0 Å². The maximum atomic E-state index is 14.0. The fourth-order valence-corrected chi connectivity index (χ4v) is 2.47. The maximum Gasteiger partial charge on any atom is 0.128 e. The number of hydrogen-bond donors (Lipinski definition) is 2. The Hall–Kier alpha value is -0.970. The van der Waals surface area contributed by atoms with Crippen molar-refractivity contribution in [2.45, 2.75) is 45.3 Å². The molecule has 0 amide bonds. The molecule has 3 nitrogen and oxygen atoms in total. The fraction of sp³-hybridized carbons (Fsp3) is 0.571. The van der Waals surface area contributed by atoms with Gasteiger partial charge in [-0.2, -0.15) is 0 Å². The average Bonchev–Trinajstić information content (AvgIpc) is 2.39. The van der Waals surface area contributed by atoms with E-state index in [2.05, 4.69) is 5.43 Å². The van der Waals surface area contributed by atoms with E-state index in [9.17, 15) is 4.39 Å². The van der Waals surface area contributed by atoms with Crippen LogP contribution in [-0.4, -0.2) is 12.7 Å². The third kappa shape index (κ3) is 2.71. The first-order valence-electron chi connectivity index (χ1n) is 6.32. The Morgan fingerprint density at radius 2 is 2.00 bits per heavy atom. The first-order valence-corrected chi connectivity index (χ1v) is 6.32. The van der Waals surface area contributed by atoms with Gasteiger partial charge in [-0.15, -0.1) is 0 Å². The van der Waals surface area contributed by atoms with Crippen molar-refractivity contribution in [2.75, 3.05) is 7.11 Å². The second-order valence-electron chi connectivity index (χ2n) is 4.60. The Balaban J connectivity index is 3.27. The van der Waals surface area contributed by atoms with Crippen LogP contribution in [0, 0.1) is 12.7 Å². The van der Waals surface area contributed by atoms with E-state index in [1.807, 2.05) is 26.8 Å². The zero-order valence-electron chi connectivity index (χ0n) is 11.6. The summed E-state index contributed by atoms with van der Waals surface area (Å²) in [5.41, 5.74) is 3.78. The number of hydrazine groups is 1. The zero-order chi connectivity index (χ0) is 13.8. The van der Waals surface area contributed by atoms with E-state index in [4.69, 9.17) is 10.6 Å². The smallest absolute Gasteiger partial charge is 0.128 e. The van der Waals surface area contributed by atoms with Crippen molar-refractivity contribution in [1.29, 1.82) is 0 Å². The van der Waals surface area contributed by atoms with E-state index in [1.54, 1.807) is 13.2 Å². The molecule has 1 atom stereocenters. The van der Waals surface area contributed by atoms with Crippen LogP contribution in [0.15, 0.2) is 18.2 Å². The van der Waals surface area contributed by atoms with E-state index in [1.165, 1.54) is 6.07 Å². The van der Waals surface area contributed by atoms with Crippen LogP contribution in [0.3, 0.4) is 0 Å². The molecule has 1 rings (SSSR count). The van der Waals surface area contributed by atoms with Crippen LogP contribution >= 0.6 is 0 Å². The second kappa shape index (κ2) is 6.27. The molecular formula is C14H23FN2O. The van der Waals surface area contributed by atoms with Gasteiger partial charge in [0, 0.05) is 12.7 Å². The Morgan fingerprint density at radius 3 is 2.44 bits per heavy atom. The summed E-state index contributed by atoms with van der Waals surface area (Å²) in [7, 11) is 1.64. The van der Waals surface area contributed by atoms with Gasteiger partial charge in [0.25, 0.3) is 0 Å². The summed E-state index contributed by atoms with van der Waals surface area (Å²) in [5, 5.41) is 0. The van der Waals surface area contributed by atoms with Crippen molar-refractivity contribution in [2.24, 2.45) is 5.84 Å². The summed E-state index contributed by atoms with van der Waals surface area (Å²) < 4.78 is 19.6. The first-order chi connectivity index (χ1) is 8.54.